The molecule has 1 amide bonds. The highest BCUT2D eigenvalue weighted by molar-refractivity contribution is 9.10. The molecule has 6 heteroatoms. The monoisotopic (exact) mass is 313 g/mol. The minimum absolute atomic E-state index is 0.0238. The molecule has 0 heterocycles. The van der Waals surface area contributed by atoms with Crippen molar-refractivity contribution in [3.05, 3.63) is 28.2 Å². The van der Waals surface area contributed by atoms with E-state index in [0.717, 1.165) is 0 Å². The van der Waals surface area contributed by atoms with Crippen LogP contribution in [0.3, 0.4) is 0 Å². The fraction of sp³-hybridized carbons (Fsp3) is 0.333. The standard InChI is InChI=1S/C12H16BrN3O2/c1-7(2)5-11(17)15-10-4-3-8(6-9(10)13)12(14)16-18/h3-4,6-7,18H,5H2,1-2H3,(H2,14,16)(H,15,17). The van der Waals surface area contributed by atoms with Crippen molar-refractivity contribution < 1.29 is 10.0 Å². The Labute approximate surface area is 114 Å². The van der Waals surface area contributed by atoms with Gasteiger partial charge in [0.1, 0.15) is 0 Å². The minimum atomic E-state index is -0.0396. The number of amides is 1. The summed E-state index contributed by atoms with van der Waals surface area (Å²) in [5.74, 6) is 0.290. The van der Waals surface area contributed by atoms with E-state index in [2.05, 4.69) is 26.4 Å². The van der Waals surface area contributed by atoms with Crippen LogP contribution in [-0.4, -0.2) is 17.0 Å². The van der Waals surface area contributed by atoms with E-state index in [1.807, 2.05) is 13.8 Å². The largest absolute Gasteiger partial charge is 0.409 e. The second kappa shape index (κ2) is 6.39. The number of nitrogens with two attached hydrogens (primary N) is 1. The Morgan fingerprint density at radius 3 is 2.72 bits per heavy atom. The van der Waals surface area contributed by atoms with Crippen molar-refractivity contribution >= 4 is 33.4 Å². The molecule has 5 nitrogen and oxygen atoms in total. The summed E-state index contributed by atoms with van der Waals surface area (Å²) in [6, 6.07) is 5.06. The van der Waals surface area contributed by atoms with Crippen LogP contribution in [0.25, 0.3) is 0 Å². The van der Waals surface area contributed by atoms with Gasteiger partial charge in [-0.05, 0) is 40.0 Å². The van der Waals surface area contributed by atoms with Gasteiger partial charge in [0, 0.05) is 16.5 Å². The van der Waals surface area contributed by atoms with Crippen LogP contribution in [0.1, 0.15) is 25.8 Å². The van der Waals surface area contributed by atoms with Gasteiger partial charge in [0.05, 0.1) is 5.69 Å². The predicted molar refractivity (Wildman–Crippen MR) is 74.7 cm³/mol. The lowest BCUT2D eigenvalue weighted by atomic mass is 10.1. The Hall–Kier alpha value is -1.56. The summed E-state index contributed by atoms with van der Waals surface area (Å²) >= 11 is 3.33. The van der Waals surface area contributed by atoms with Crippen molar-refractivity contribution in [2.24, 2.45) is 16.8 Å². The molecule has 0 aliphatic heterocycles. The summed E-state index contributed by atoms with van der Waals surface area (Å²) < 4.78 is 0.684. The number of carbonyl (C=O) groups excluding carboxylic acids is 1. The first-order valence-electron chi connectivity index (χ1n) is 5.51. The number of carbonyl (C=O) groups is 1. The van der Waals surface area contributed by atoms with Gasteiger partial charge in [0.25, 0.3) is 0 Å². The molecule has 0 aliphatic rings. The lowest BCUT2D eigenvalue weighted by Gasteiger charge is -2.10. The molecule has 0 fully saturated rings. The molecule has 0 bridgehead atoms. The summed E-state index contributed by atoms with van der Waals surface area (Å²) in [5, 5.41) is 14.3. The second-order valence-electron chi connectivity index (χ2n) is 4.33. The number of oxime groups is 1. The number of nitrogens with zero attached hydrogens (tertiary/aromatic N) is 1. The molecule has 4 N–H and O–H groups in total. The van der Waals surface area contributed by atoms with E-state index in [-0.39, 0.29) is 11.7 Å². The number of benzene rings is 1. The first-order valence-corrected chi connectivity index (χ1v) is 6.30. The van der Waals surface area contributed by atoms with Gasteiger partial charge in [-0.1, -0.05) is 19.0 Å². The molecule has 1 aromatic carbocycles. The van der Waals surface area contributed by atoms with Crippen molar-refractivity contribution in [3.63, 3.8) is 0 Å². The number of rotatable bonds is 4. The number of hydrogen-bond acceptors (Lipinski definition) is 3. The molecular weight excluding hydrogens is 298 g/mol. The van der Waals surface area contributed by atoms with Crippen LogP contribution in [0.4, 0.5) is 5.69 Å². The van der Waals surface area contributed by atoms with Crippen LogP contribution in [0, 0.1) is 5.92 Å². The molecule has 98 valence electrons. The van der Waals surface area contributed by atoms with Gasteiger partial charge in [-0.2, -0.15) is 0 Å². The Bertz CT molecular complexity index is 472. The highest BCUT2D eigenvalue weighted by atomic mass is 79.9. The predicted octanol–water partition coefficient (Wildman–Crippen LogP) is 2.53. The lowest BCUT2D eigenvalue weighted by molar-refractivity contribution is -0.116. The maximum Gasteiger partial charge on any atom is 0.224 e. The third-order valence-electron chi connectivity index (χ3n) is 2.24. The smallest absolute Gasteiger partial charge is 0.224 e. The average Bonchev–Trinajstić information content (AvgIpc) is 2.29. The van der Waals surface area contributed by atoms with Crippen LogP contribution < -0.4 is 11.1 Å². The van der Waals surface area contributed by atoms with Crippen LogP contribution in [0.15, 0.2) is 27.8 Å². The van der Waals surface area contributed by atoms with E-state index in [1.54, 1.807) is 18.2 Å². The maximum absolute atomic E-state index is 11.6. The van der Waals surface area contributed by atoms with E-state index in [0.29, 0.717) is 28.1 Å². The molecule has 0 saturated carbocycles. The van der Waals surface area contributed by atoms with Gasteiger partial charge in [0.15, 0.2) is 5.84 Å². The normalized spacial score (nSPS) is 11.7. The Morgan fingerprint density at radius 2 is 2.22 bits per heavy atom. The number of halogens is 1. The number of hydrogen-bond donors (Lipinski definition) is 3. The number of nitrogens with one attached hydrogen (secondary N) is 1. The molecule has 0 aromatic heterocycles. The van der Waals surface area contributed by atoms with Crippen molar-refractivity contribution in [2.45, 2.75) is 20.3 Å². The zero-order valence-corrected chi connectivity index (χ0v) is 11.9. The number of amidine groups is 1. The molecule has 18 heavy (non-hydrogen) atoms. The van der Waals surface area contributed by atoms with Crippen molar-refractivity contribution in [3.8, 4) is 0 Å². The third kappa shape index (κ3) is 4.03. The van der Waals surface area contributed by atoms with Crippen molar-refractivity contribution in [1.82, 2.24) is 0 Å². The van der Waals surface area contributed by atoms with Gasteiger partial charge in [-0.25, -0.2) is 0 Å². The van der Waals surface area contributed by atoms with E-state index in [9.17, 15) is 4.79 Å². The molecule has 0 radical (unpaired) electrons. The van der Waals surface area contributed by atoms with Gasteiger partial charge in [0.2, 0.25) is 5.91 Å². The lowest BCUT2D eigenvalue weighted by Crippen LogP contribution is -2.16. The van der Waals surface area contributed by atoms with Gasteiger partial charge >= 0.3 is 0 Å². The summed E-state index contributed by atoms with van der Waals surface area (Å²) in [5.41, 5.74) is 6.71. The topological polar surface area (TPSA) is 87.7 Å². The van der Waals surface area contributed by atoms with E-state index < -0.39 is 0 Å². The van der Waals surface area contributed by atoms with E-state index in [4.69, 9.17) is 10.9 Å². The molecule has 0 unspecified atom stereocenters. The average molecular weight is 314 g/mol. The highest BCUT2D eigenvalue weighted by Crippen LogP contribution is 2.24. The first kappa shape index (κ1) is 14.5. The highest BCUT2D eigenvalue weighted by Gasteiger charge is 2.09. The van der Waals surface area contributed by atoms with Crippen molar-refractivity contribution in [2.75, 3.05) is 5.32 Å². The SMILES string of the molecule is CC(C)CC(=O)Nc1ccc(/C(N)=N/O)cc1Br. The zero-order chi connectivity index (χ0) is 13.7. The Kier molecular flexibility index (Phi) is 5.15. The molecule has 0 atom stereocenters. The first-order chi connectivity index (χ1) is 8.43. The summed E-state index contributed by atoms with van der Waals surface area (Å²) in [6.45, 7) is 3.96. The maximum atomic E-state index is 11.6. The molecule has 0 aliphatic carbocycles. The summed E-state index contributed by atoms with van der Waals surface area (Å²) in [4.78, 5) is 11.6. The fourth-order valence-corrected chi connectivity index (χ4v) is 1.88. The third-order valence-corrected chi connectivity index (χ3v) is 2.90. The van der Waals surface area contributed by atoms with Gasteiger partial charge in [-0.15, -0.1) is 0 Å². The fourth-order valence-electron chi connectivity index (χ4n) is 1.41. The van der Waals surface area contributed by atoms with E-state index >= 15 is 0 Å². The van der Waals surface area contributed by atoms with Crippen LogP contribution in [0.5, 0.6) is 0 Å². The summed E-state index contributed by atoms with van der Waals surface area (Å²) in [7, 11) is 0. The van der Waals surface area contributed by atoms with Crippen LogP contribution in [-0.2, 0) is 4.79 Å². The summed E-state index contributed by atoms with van der Waals surface area (Å²) in [6.07, 6.45) is 0.467. The zero-order valence-electron chi connectivity index (χ0n) is 10.3. The van der Waals surface area contributed by atoms with Gasteiger partial charge < -0.3 is 16.3 Å². The minimum Gasteiger partial charge on any atom is -0.409 e. The number of anilines is 1. The molecule has 1 rings (SSSR count). The van der Waals surface area contributed by atoms with Crippen molar-refractivity contribution in [1.29, 1.82) is 0 Å². The second-order valence-corrected chi connectivity index (χ2v) is 5.18. The van der Waals surface area contributed by atoms with Crippen LogP contribution >= 0.6 is 15.9 Å². The molecule has 1 aromatic rings. The van der Waals surface area contributed by atoms with Crippen LogP contribution in [0.2, 0.25) is 0 Å². The van der Waals surface area contributed by atoms with Gasteiger partial charge in [-0.3, -0.25) is 4.79 Å². The molecular formula is C12H16BrN3O2. The Balaban J connectivity index is 2.83. The molecule has 0 saturated heterocycles. The molecule has 0 spiro atoms. The quantitative estimate of drug-likeness (QED) is 0.345. The van der Waals surface area contributed by atoms with E-state index in [1.165, 1.54) is 0 Å². The Morgan fingerprint density at radius 1 is 1.56 bits per heavy atom.